The second kappa shape index (κ2) is 9.49. The Kier molecular flexibility index (Phi) is 7.04. The van der Waals surface area contributed by atoms with E-state index in [1.165, 1.54) is 0 Å². The number of nitrogens with zero attached hydrogens (tertiary/aromatic N) is 3. The third kappa shape index (κ3) is 4.54. The second-order valence-electron chi connectivity index (χ2n) is 5.98. The van der Waals surface area contributed by atoms with Gasteiger partial charge in [0.2, 0.25) is 0 Å². The van der Waals surface area contributed by atoms with Crippen molar-refractivity contribution in [3.05, 3.63) is 47.0 Å². The number of rotatable bonds is 8. The molecule has 2 aromatic heterocycles. The maximum absolute atomic E-state index is 12.4. The number of pyridine rings is 1. The molecule has 1 atom stereocenters. The number of benzene rings is 1. The molecule has 0 saturated carbocycles. The maximum Gasteiger partial charge on any atom is 0.328 e. The topological polar surface area (TPSA) is 69.0 Å². The Morgan fingerprint density at radius 2 is 2.21 bits per heavy atom. The zero-order valence-electron chi connectivity index (χ0n) is 15.5. The number of imidazole rings is 1. The highest BCUT2D eigenvalue weighted by Gasteiger charge is 2.21. The highest BCUT2D eigenvalue weighted by Crippen LogP contribution is 2.34. The summed E-state index contributed by atoms with van der Waals surface area (Å²) in [7, 11) is 0. The van der Waals surface area contributed by atoms with Crippen molar-refractivity contribution in [2.75, 3.05) is 23.9 Å². The van der Waals surface area contributed by atoms with Crippen molar-refractivity contribution in [2.24, 2.45) is 0 Å². The van der Waals surface area contributed by atoms with Gasteiger partial charge in [-0.2, -0.15) is 11.8 Å². The number of halogens is 2. The average Bonchev–Trinajstić information content (AvgIpc) is 3.22. The quantitative estimate of drug-likeness (QED) is 0.508. The Labute approximate surface area is 177 Å². The lowest BCUT2D eigenvalue weighted by atomic mass is 10.1. The van der Waals surface area contributed by atoms with Gasteiger partial charge in [-0.3, -0.25) is 0 Å². The molecular formula is C19H20Cl2N4O2S. The molecule has 1 N–H and O–H groups in total. The molecule has 28 heavy (non-hydrogen) atoms. The van der Waals surface area contributed by atoms with Crippen molar-refractivity contribution in [1.82, 2.24) is 14.5 Å². The molecule has 0 aliphatic heterocycles. The van der Waals surface area contributed by atoms with Gasteiger partial charge in [0.15, 0.2) is 0 Å². The minimum atomic E-state index is -0.508. The molecule has 0 spiro atoms. The van der Waals surface area contributed by atoms with E-state index in [1.54, 1.807) is 37.3 Å². The monoisotopic (exact) mass is 438 g/mol. The van der Waals surface area contributed by atoms with Crippen molar-refractivity contribution in [1.29, 1.82) is 0 Å². The molecule has 3 aromatic rings. The van der Waals surface area contributed by atoms with Gasteiger partial charge in [-0.05, 0) is 37.5 Å². The zero-order chi connectivity index (χ0) is 20.1. The molecule has 1 aromatic carbocycles. The van der Waals surface area contributed by atoms with Crippen LogP contribution in [0.2, 0.25) is 10.0 Å². The SMILES string of the molecule is CCOC(=O)[C@H](CCSC)Nc1cc(-n2ccnc2)c2ccc(Cl)c(Cl)c2n1. The van der Waals surface area contributed by atoms with E-state index < -0.39 is 6.04 Å². The number of nitrogens with one attached hydrogen (secondary N) is 1. The van der Waals surface area contributed by atoms with Crippen LogP contribution in [-0.4, -0.2) is 45.2 Å². The van der Waals surface area contributed by atoms with Crippen LogP contribution >= 0.6 is 35.0 Å². The number of ether oxygens (including phenoxy) is 1. The third-order valence-corrected chi connectivity index (χ3v) is 5.58. The van der Waals surface area contributed by atoms with Gasteiger partial charge >= 0.3 is 5.97 Å². The molecule has 0 fully saturated rings. The number of esters is 1. The van der Waals surface area contributed by atoms with Crippen LogP contribution in [-0.2, 0) is 9.53 Å². The van der Waals surface area contributed by atoms with E-state index >= 15 is 0 Å². The zero-order valence-corrected chi connectivity index (χ0v) is 17.8. The van der Waals surface area contributed by atoms with Crippen LogP contribution < -0.4 is 5.32 Å². The normalized spacial score (nSPS) is 12.1. The largest absolute Gasteiger partial charge is 0.464 e. The summed E-state index contributed by atoms with van der Waals surface area (Å²) in [6.07, 6.45) is 7.82. The summed E-state index contributed by atoms with van der Waals surface area (Å²) in [5.41, 5.74) is 1.38. The van der Waals surface area contributed by atoms with Gasteiger partial charge < -0.3 is 14.6 Å². The van der Waals surface area contributed by atoms with E-state index in [-0.39, 0.29) is 5.97 Å². The predicted molar refractivity (Wildman–Crippen MR) is 116 cm³/mol. The standard InChI is InChI=1S/C19H20Cl2N4O2S/c1-3-27-19(26)14(6-9-28-2)23-16-10-15(25-8-7-22-11-25)12-4-5-13(20)17(21)18(12)24-16/h4-5,7-8,10-11,14H,3,6,9H2,1-2H3,(H,23,24)/t14-/m0/s1. The van der Waals surface area contributed by atoms with Gasteiger partial charge in [-0.25, -0.2) is 14.8 Å². The molecular weight excluding hydrogens is 419 g/mol. The van der Waals surface area contributed by atoms with Crippen molar-refractivity contribution in [3.8, 4) is 5.69 Å². The number of anilines is 1. The lowest BCUT2D eigenvalue weighted by Gasteiger charge is -2.19. The smallest absolute Gasteiger partial charge is 0.328 e. The fraction of sp³-hybridized carbons (Fsp3) is 0.316. The van der Waals surface area contributed by atoms with E-state index in [4.69, 9.17) is 27.9 Å². The Balaban J connectivity index is 2.07. The van der Waals surface area contributed by atoms with Crippen molar-refractivity contribution in [2.45, 2.75) is 19.4 Å². The molecule has 0 radical (unpaired) electrons. The number of hydrogen-bond acceptors (Lipinski definition) is 6. The summed E-state index contributed by atoms with van der Waals surface area (Å²) < 4.78 is 7.07. The molecule has 9 heteroatoms. The number of thioether (sulfide) groups is 1. The van der Waals surface area contributed by atoms with Crippen molar-refractivity contribution < 1.29 is 9.53 Å². The molecule has 6 nitrogen and oxygen atoms in total. The molecule has 3 rings (SSSR count). The number of carbonyl (C=O) groups excluding carboxylic acids is 1. The minimum absolute atomic E-state index is 0.306. The number of fused-ring (bicyclic) bond motifs is 1. The van der Waals surface area contributed by atoms with E-state index in [2.05, 4.69) is 15.3 Å². The van der Waals surface area contributed by atoms with Gasteiger partial charge in [-0.1, -0.05) is 23.2 Å². The highest BCUT2D eigenvalue weighted by atomic mass is 35.5. The minimum Gasteiger partial charge on any atom is -0.464 e. The number of carbonyl (C=O) groups is 1. The Morgan fingerprint density at radius 3 is 2.89 bits per heavy atom. The fourth-order valence-electron chi connectivity index (χ4n) is 2.81. The van der Waals surface area contributed by atoms with Crippen LogP contribution in [0.4, 0.5) is 5.82 Å². The van der Waals surface area contributed by atoms with E-state index in [0.717, 1.165) is 16.8 Å². The summed E-state index contributed by atoms with van der Waals surface area (Å²) in [6.45, 7) is 2.11. The van der Waals surface area contributed by atoms with Crippen LogP contribution in [0.1, 0.15) is 13.3 Å². The van der Waals surface area contributed by atoms with E-state index in [0.29, 0.717) is 34.4 Å². The van der Waals surface area contributed by atoms with Gasteiger partial charge in [0.25, 0.3) is 0 Å². The number of aromatic nitrogens is 3. The summed E-state index contributed by atoms with van der Waals surface area (Å²) >= 11 is 14.3. The van der Waals surface area contributed by atoms with Gasteiger partial charge in [0, 0.05) is 23.8 Å². The summed E-state index contributed by atoms with van der Waals surface area (Å²) in [6, 6.07) is 4.96. The van der Waals surface area contributed by atoms with Crippen molar-refractivity contribution >= 4 is 57.7 Å². The first-order chi connectivity index (χ1) is 13.5. The van der Waals surface area contributed by atoms with Gasteiger partial charge in [0.1, 0.15) is 11.9 Å². The molecule has 0 bridgehead atoms. The van der Waals surface area contributed by atoms with E-state index in [9.17, 15) is 4.79 Å². The Hall–Kier alpha value is -1.96. The van der Waals surface area contributed by atoms with Crippen LogP contribution in [0.5, 0.6) is 0 Å². The average molecular weight is 439 g/mol. The Morgan fingerprint density at radius 1 is 1.39 bits per heavy atom. The molecule has 0 unspecified atom stereocenters. The summed E-state index contributed by atoms with van der Waals surface area (Å²) in [4.78, 5) is 21.1. The van der Waals surface area contributed by atoms with Crippen LogP contribution in [0.3, 0.4) is 0 Å². The molecule has 0 aliphatic carbocycles. The van der Waals surface area contributed by atoms with Crippen LogP contribution in [0.15, 0.2) is 36.9 Å². The first-order valence-corrected chi connectivity index (χ1v) is 10.9. The lowest BCUT2D eigenvalue weighted by molar-refractivity contribution is -0.144. The lowest BCUT2D eigenvalue weighted by Crippen LogP contribution is -2.32. The van der Waals surface area contributed by atoms with E-state index in [1.807, 2.05) is 29.2 Å². The molecule has 2 heterocycles. The molecule has 0 aliphatic rings. The predicted octanol–water partition coefficient (Wildman–Crippen LogP) is 4.82. The molecule has 0 saturated heterocycles. The van der Waals surface area contributed by atoms with Gasteiger partial charge in [0.05, 0.1) is 34.2 Å². The maximum atomic E-state index is 12.4. The molecule has 0 amide bonds. The highest BCUT2D eigenvalue weighted by molar-refractivity contribution is 7.98. The van der Waals surface area contributed by atoms with Crippen molar-refractivity contribution in [3.63, 3.8) is 0 Å². The van der Waals surface area contributed by atoms with Gasteiger partial charge in [-0.15, -0.1) is 0 Å². The molecule has 148 valence electrons. The first kappa shape index (κ1) is 20.8. The summed E-state index contributed by atoms with van der Waals surface area (Å²) in [5, 5.41) is 4.81. The second-order valence-corrected chi connectivity index (χ2v) is 7.76. The summed E-state index contributed by atoms with van der Waals surface area (Å²) in [5.74, 6) is 1.02. The number of hydrogen-bond donors (Lipinski definition) is 1. The third-order valence-electron chi connectivity index (χ3n) is 4.14. The van der Waals surface area contributed by atoms with Crippen LogP contribution in [0, 0.1) is 0 Å². The van der Waals surface area contributed by atoms with Crippen LogP contribution in [0.25, 0.3) is 16.6 Å². The Bertz CT molecular complexity index is 966. The fourth-order valence-corrected chi connectivity index (χ4v) is 3.64. The first-order valence-electron chi connectivity index (χ1n) is 8.74.